The number of aryl methyl sites for hydroxylation is 1. The van der Waals surface area contributed by atoms with E-state index in [0.717, 1.165) is 123 Å². The summed E-state index contributed by atoms with van der Waals surface area (Å²) in [5.41, 5.74) is 7.53. The summed E-state index contributed by atoms with van der Waals surface area (Å²) >= 11 is 6.43. The molecule has 6 heterocycles. The minimum atomic E-state index is -0.347. The molecule has 0 unspecified atom stereocenters. The van der Waals surface area contributed by atoms with Gasteiger partial charge in [-0.15, -0.1) is 0 Å². The number of carbonyl (C=O) groups is 3. The fraction of sp³-hybridized carbons (Fsp3) is 0.422. The molecule has 5 aromatic rings. The van der Waals surface area contributed by atoms with E-state index in [9.17, 15) is 19.6 Å². The Balaban J connectivity index is 0.736. The minimum absolute atomic E-state index is 0.0209. The molecular formula is C45H50ClN9O3. The maximum Gasteiger partial charge on any atom is 0.328 e. The summed E-state index contributed by atoms with van der Waals surface area (Å²) in [6.45, 7) is 9.45. The van der Waals surface area contributed by atoms with Crippen LogP contribution in [-0.2, 0) is 4.79 Å². The Labute approximate surface area is 343 Å². The maximum atomic E-state index is 13.4. The number of aromatic amines is 1. The lowest BCUT2D eigenvalue weighted by atomic mass is 9.93. The van der Waals surface area contributed by atoms with Crippen molar-refractivity contribution in [2.75, 3.05) is 67.1 Å². The van der Waals surface area contributed by atoms with Gasteiger partial charge in [-0.05, 0) is 105 Å². The Hall–Kier alpha value is -5.51. The topological polar surface area (TPSA) is 133 Å². The zero-order valence-electron chi connectivity index (χ0n) is 33.0. The molecule has 0 spiro atoms. The van der Waals surface area contributed by atoms with Crippen molar-refractivity contribution < 1.29 is 14.4 Å². The van der Waals surface area contributed by atoms with E-state index in [1.807, 2.05) is 36.4 Å². The number of hydrogen-bond acceptors (Lipinski definition) is 7. The van der Waals surface area contributed by atoms with Crippen LogP contribution < -0.4 is 25.3 Å². The van der Waals surface area contributed by atoms with Gasteiger partial charge in [0.1, 0.15) is 6.07 Å². The molecular weight excluding hydrogens is 750 g/mol. The lowest BCUT2D eigenvalue weighted by Gasteiger charge is -2.39. The highest BCUT2D eigenvalue weighted by Crippen LogP contribution is 2.36. The molecule has 0 atom stereocenters. The van der Waals surface area contributed by atoms with Crippen LogP contribution in [0, 0.1) is 24.2 Å². The number of H-pyrrole nitrogens is 1. The number of piperidine rings is 3. The standard InChI is InChI=1S/C45H50ClN9O3/c1-29-25-31(44(57)49-33-11-21-53(22-12-33)40-8-6-36(46)42-32(26-47)27-48-43(40)42)5-7-37(29)52-19-9-30(10-20-52)28-51-17-13-34(14-18-51)54-23-15-35-38(54)3-2-4-39(35)55-24-16-41(56)50-45(55)58/h2-8,15,23,25,27,30,33-34,48H,9-14,16-22,24,28H2,1H3,(H,49,57)(H,50,56,58). The molecule has 58 heavy (non-hydrogen) atoms. The SMILES string of the molecule is Cc1cc(C(=O)NC2CCN(c3ccc(Cl)c4c(C#N)c[nH]c34)CC2)ccc1N1CCC(CN2CCC(n3ccc4c(N5CCC(=O)NC5=O)cccc43)CC2)CC1. The Morgan fingerprint density at radius 3 is 2.36 bits per heavy atom. The van der Waals surface area contributed by atoms with E-state index in [-0.39, 0.29) is 23.9 Å². The van der Waals surface area contributed by atoms with Crippen molar-refractivity contribution in [3.05, 3.63) is 88.7 Å². The fourth-order valence-electron chi connectivity index (χ4n) is 9.85. The summed E-state index contributed by atoms with van der Waals surface area (Å²) in [5, 5.41) is 17.6. The molecule has 4 amide bonds. The van der Waals surface area contributed by atoms with Gasteiger partial charge in [0.2, 0.25) is 5.91 Å². The van der Waals surface area contributed by atoms with Crippen molar-refractivity contribution in [1.29, 1.82) is 5.26 Å². The number of anilines is 3. The Morgan fingerprint density at radius 2 is 1.62 bits per heavy atom. The molecule has 0 saturated carbocycles. The summed E-state index contributed by atoms with van der Waals surface area (Å²) in [5.74, 6) is 0.433. The molecule has 12 nitrogen and oxygen atoms in total. The number of nitrogens with one attached hydrogen (secondary N) is 3. The van der Waals surface area contributed by atoms with Crippen LogP contribution >= 0.6 is 11.6 Å². The van der Waals surface area contributed by atoms with Crippen LogP contribution in [0.5, 0.6) is 0 Å². The number of nitriles is 1. The van der Waals surface area contributed by atoms with Crippen molar-refractivity contribution >= 4 is 68.3 Å². The van der Waals surface area contributed by atoms with Gasteiger partial charge in [0.05, 0.1) is 33.0 Å². The summed E-state index contributed by atoms with van der Waals surface area (Å²) in [4.78, 5) is 50.1. The molecule has 4 fully saturated rings. The lowest BCUT2D eigenvalue weighted by molar-refractivity contribution is -0.120. The third-order valence-corrected chi connectivity index (χ3v) is 13.3. The average molecular weight is 800 g/mol. The smallest absolute Gasteiger partial charge is 0.328 e. The number of imide groups is 1. The van der Waals surface area contributed by atoms with Crippen molar-refractivity contribution in [3.63, 3.8) is 0 Å². The molecule has 4 aliphatic rings. The van der Waals surface area contributed by atoms with Crippen LogP contribution in [0.25, 0.3) is 21.8 Å². The first-order chi connectivity index (χ1) is 28.2. The lowest BCUT2D eigenvalue weighted by Crippen LogP contribution is -2.49. The van der Waals surface area contributed by atoms with Gasteiger partial charge >= 0.3 is 6.03 Å². The summed E-state index contributed by atoms with van der Waals surface area (Å²) in [6.07, 6.45) is 10.4. The summed E-state index contributed by atoms with van der Waals surface area (Å²) in [7, 11) is 0. The predicted octanol–water partition coefficient (Wildman–Crippen LogP) is 7.35. The molecule has 3 aromatic carbocycles. The molecule has 0 aliphatic carbocycles. The van der Waals surface area contributed by atoms with Gasteiger partial charge in [0, 0.05) is 105 Å². The molecule has 4 saturated heterocycles. The summed E-state index contributed by atoms with van der Waals surface area (Å²) in [6, 6.07) is 20.6. The van der Waals surface area contributed by atoms with E-state index in [1.165, 1.54) is 5.69 Å². The van der Waals surface area contributed by atoms with Gasteiger partial charge < -0.3 is 29.6 Å². The molecule has 4 aliphatic heterocycles. The predicted molar refractivity (Wildman–Crippen MR) is 229 cm³/mol. The number of likely N-dealkylation sites (tertiary alicyclic amines) is 1. The number of aromatic nitrogens is 2. The number of carbonyl (C=O) groups excluding carboxylic acids is 3. The van der Waals surface area contributed by atoms with Crippen molar-refractivity contribution in [1.82, 2.24) is 25.1 Å². The van der Waals surface area contributed by atoms with Crippen LogP contribution in [0.1, 0.15) is 72.5 Å². The van der Waals surface area contributed by atoms with Crippen LogP contribution in [0.4, 0.5) is 21.9 Å². The second-order valence-electron chi connectivity index (χ2n) is 16.5. The number of halogens is 1. The number of nitrogens with zero attached hydrogens (tertiary/aromatic N) is 6. The largest absolute Gasteiger partial charge is 0.371 e. The van der Waals surface area contributed by atoms with E-state index in [2.05, 4.69) is 72.3 Å². The zero-order valence-corrected chi connectivity index (χ0v) is 33.7. The Morgan fingerprint density at radius 1 is 0.879 bits per heavy atom. The van der Waals surface area contributed by atoms with Gasteiger partial charge in [-0.2, -0.15) is 5.26 Å². The first-order valence-electron chi connectivity index (χ1n) is 20.8. The Bertz CT molecular complexity index is 2410. The number of rotatable bonds is 8. The molecule has 3 N–H and O–H groups in total. The van der Waals surface area contributed by atoms with E-state index in [0.29, 0.717) is 41.1 Å². The molecule has 13 heteroatoms. The highest BCUT2D eigenvalue weighted by atomic mass is 35.5. The monoisotopic (exact) mass is 799 g/mol. The molecule has 2 aromatic heterocycles. The fourth-order valence-corrected chi connectivity index (χ4v) is 10.1. The quantitative estimate of drug-likeness (QED) is 0.150. The number of fused-ring (bicyclic) bond motifs is 2. The molecule has 300 valence electrons. The number of benzene rings is 3. The first kappa shape index (κ1) is 38.0. The highest BCUT2D eigenvalue weighted by Gasteiger charge is 2.30. The number of urea groups is 1. The van der Waals surface area contributed by atoms with E-state index >= 15 is 0 Å². The normalized spacial score (nSPS) is 19.2. The van der Waals surface area contributed by atoms with Crippen LogP contribution in [-0.4, -0.2) is 90.7 Å². The molecule has 0 bridgehead atoms. The number of hydrogen-bond donors (Lipinski definition) is 3. The van der Waals surface area contributed by atoms with Crippen LogP contribution in [0.2, 0.25) is 5.02 Å². The van der Waals surface area contributed by atoms with Gasteiger partial charge in [-0.1, -0.05) is 17.7 Å². The van der Waals surface area contributed by atoms with Gasteiger partial charge in [0.15, 0.2) is 0 Å². The van der Waals surface area contributed by atoms with Gasteiger partial charge in [0.25, 0.3) is 5.91 Å². The Kier molecular flexibility index (Phi) is 10.5. The summed E-state index contributed by atoms with van der Waals surface area (Å²) < 4.78 is 2.39. The molecule has 0 radical (unpaired) electrons. The van der Waals surface area contributed by atoms with Crippen LogP contribution in [0.15, 0.2) is 67.0 Å². The zero-order chi connectivity index (χ0) is 39.9. The van der Waals surface area contributed by atoms with E-state index in [1.54, 1.807) is 11.1 Å². The third-order valence-electron chi connectivity index (χ3n) is 13.0. The number of amides is 4. The van der Waals surface area contributed by atoms with Crippen LogP contribution in [0.3, 0.4) is 0 Å². The van der Waals surface area contributed by atoms with Crippen molar-refractivity contribution in [2.24, 2.45) is 5.92 Å². The first-order valence-corrected chi connectivity index (χ1v) is 21.2. The van der Waals surface area contributed by atoms with E-state index in [4.69, 9.17) is 11.6 Å². The van der Waals surface area contributed by atoms with Crippen molar-refractivity contribution in [2.45, 2.75) is 64.0 Å². The van der Waals surface area contributed by atoms with Gasteiger partial charge in [-0.3, -0.25) is 19.8 Å². The average Bonchev–Trinajstić information content (AvgIpc) is 3.88. The van der Waals surface area contributed by atoms with Crippen molar-refractivity contribution in [3.8, 4) is 6.07 Å². The third kappa shape index (κ3) is 7.38. The van der Waals surface area contributed by atoms with Gasteiger partial charge in [-0.25, -0.2) is 4.79 Å². The minimum Gasteiger partial charge on any atom is -0.371 e. The second kappa shape index (κ2) is 16.0. The maximum absolute atomic E-state index is 13.4. The van der Waals surface area contributed by atoms with E-state index < -0.39 is 0 Å². The highest BCUT2D eigenvalue weighted by molar-refractivity contribution is 6.36. The second-order valence-corrected chi connectivity index (χ2v) is 16.9. The molecule has 9 rings (SSSR count).